The van der Waals surface area contributed by atoms with Gasteiger partial charge in [0.05, 0.1) is 24.8 Å². The first kappa shape index (κ1) is 16.9. The fourth-order valence-electron chi connectivity index (χ4n) is 2.75. The Hall–Kier alpha value is -1.96. The first-order valence-electron chi connectivity index (χ1n) is 8.05. The second-order valence-corrected chi connectivity index (χ2v) is 6.55. The van der Waals surface area contributed by atoms with Crippen LogP contribution in [0.5, 0.6) is 0 Å². The number of carbonyl (C=O) groups is 1. The van der Waals surface area contributed by atoms with Gasteiger partial charge in [-0.05, 0) is 23.6 Å². The van der Waals surface area contributed by atoms with Crippen molar-refractivity contribution in [1.29, 1.82) is 0 Å². The van der Waals surface area contributed by atoms with E-state index in [9.17, 15) is 4.79 Å². The molecule has 1 aliphatic heterocycles. The van der Waals surface area contributed by atoms with E-state index in [0.717, 1.165) is 32.1 Å². The molecule has 0 saturated carbocycles. The van der Waals surface area contributed by atoms with Gasteiger partial charge in [-0.2, -0.15) is 0 Å². The molecule has 1 aliphatic rings. The number of ether oxygens (including phenoxy) is 1. The van der Waals surface area contributed by atoms with Crippen molar-refractivity contribution in [3.8, 4) is 0 Å². The van der Waals surface area contributed by atoms with Gasteiger partial charge in [0.1, 0.15) is 5.82 Å². The molecule has 1 saturated heterocycles. The van der Waals surface area contributed by atoms with E-state index in [1.54, 1.807) is 36.7 Å². The van der Waals surface area contributed by atoms with Gasteiger partial charge < -0.3 is 15.4 Å². The lowest BCUT2D eigenvalue weighted by Crippen LogP contribution is -2.43. The number of rotatable bonds is 6. The van der Waals surface area contributed by atoms with Crippen LogP contribution in [0.15, 0.2) is 35.8 Å². The highest BCUT2D eigenvalue weighted by Gasteiger charge is 2.24. The maximum Gasteiger partial charge on any atom is 0.252 e. The average Bonchev–Trinajstić information content (AvgIpc) is 3.17. The maximum atomic E-state index is 12.4. The molecule has 2 aromatic heterocycles. The number of morpholine rings is 1. The van der Waals surface area contributed by atoms with Crippen molar-refractivity contribution in [2.75, 3.05) is 45.2 Å². The number of nitrogens with one attached hydrogen (secondary N) is 2. The summed E-state index contributed by atoms with van der Waals surface area (Å²) in [7, 11) is 1.80. The van der Waals surface area contributed by atoms with Crippen LogP contribution in [0.4, 0.5) is 5.82 Å². The lowest BCUT2D eigenvalue weighted by atomic mass is 10.1. The molecule has 3 rings (SSSR count). The smallest absolute Gasteiger partial charge is 0.252 e. The minimum absolute atomic E-state index is 0.0973. The predicted octanol–water partition coefficient (Wildman–Crippen LogP) is 1.99. The Morgan fingerprint density at radius 3 is 2.83 bits per heavy atom. The van der Waals surface area contributed by atoms with Crippen molar-refractivity contribution in [3.63, 3.8) is 0 Å². The molecule has 128 valence electrons. The van der Waals surface area contributed by atoms with Crippen molar-refractivity contribution >= 4 is 23.1 Å². The van der Waals surface area contributed by atoms with Gasteiger partial charge in [-0.3, -0.25) is 9.69 Å². The Labute approximate surface area is 145 Å². The van der Waals surface area contributed by atoms with Gasteiger partial charge in [-0.1, -0.05) is 6.07 Å². The van der Waals surface area contributed by atoms with Crippen molar-refractivity contribution in [2.45, 2.75) is 6.04 Å². The van der Waals surface area contributed by atoms with Crippen LogP contribution in [-0.4, -0.2) is 55.7 Å². The zero-order chi connectivity index (χ0) is 16.8. The Kier molecular flexibility index (Phi) is 5.79. The molecule has 3 heterocycles. The highest BCUT2D eigenvalue weighted by Crippen LogP contribution is 2.25. The number of thiophene rings is 1. The number of anilines is 1. The van der Waals surface area contributed by atoms with Crippen LogP contribution < -0.4 is 10.6 Å². The van der Waals surface area contributed by atoms with Crippen LogP contribution in [0.3, 0.4) is 0 Å². The highest BCUT2D eigenvalue weighted by atomic mass is 32.1. The van der Waals surface area contributed by atoms with Crippen LogP contribution in [0, 0.1) is 0 Å². The first-order valence-corrected chi connectivity index (χ1v) is 8.93. The summed E-state index contributed by atoms with van der Waals surface area (Å²) in [4.78, 5) is 20.2. The number of carbonyl (C=O) groups excluding carboxylic acids is 1. The minimum atomic E-state index is -0.0973. The second kappa shape index (κ2) is 8.23. The molecule has 1 atom stereocenters. The summed E-state index contributed by atoms with van der Waals surface area (Å²) in [6.07, 6.45) is 1.59. The van der Waals surface area contributed by atoms with Gasteiger partial charge >= 0.3 is 0 Å². The van der Waals surface area contributed by atoms with Crippen molar-refractivity contribution in [1.82, 2.24) is 15.2 Å². The largest absolute Gasteiger partial charge is 0.379 e. The fourth-order valence-corrected chi connectivity index (χ4v) is 3.61. The fraction of sp³-hybridized carbons (Fsp3) is 0.412. The molecule has 0 radical (unpaired) electrons. The summed E-state index contributed by atoms with van der Waals surface area (Å²) in [5.41, 5.74) is 0.570. The van der Waals surface area contributed by atoms with Crippen LogP contribution in [-0.2, 0) is 4.74 Å². The van der Waals surface area contributed by atoms with Crippen LogP contribution in [0.2, 0.25) is 0 Å². The predicted molar refractivity (Wildman–Crippen MR) is 95.6 cm³/mol. The van der Waals surface area contributed by atoms with Crippen LogP contribution in [0.25, 0.3) is 0 Å². The molecule has 1 amide bonds. The van der Waals surface area contributed by atoms with Crippen LogP contribution >= 0.6 is 11.3 Å². The zero-order valence-electron chi connectivity index (χ0n) is 13.7. The Morgan fingerprint density at radius 2 is 2.21 bits per heavy atom. The van der Waals surface area contributed by atoms with E-state index >= 15 is 0 Å². The lowest BCUT2D eigenvalue weighted by molar-refractivity contribution is 0.0169. The summed E-state index contributed by atoms with van der Waals surface area (Å²) in [5.74, 6) is 0.649. The molecule has 2 N–H and O–H groups in total. The van der Waals surface area contributed by atoms with Gasteiger partial charge in [-0.25, -0.2) is 4.98 Å². The number of nitrogens with zero attached hydrogens (tertiary/aromatic N) is 2. The average molecular weight is 346 g/mol. The minimum Gasteiger partial charge on any atom is -0.379 e. The highest BCUT2D eigenvalue weighted by molar-refractivity contribution is 7.10. The van der Waals surface area contributed by atoms with Gasteiger partial charge in [0.25, 0.3) is 5.91 Å². The van der Waals surface area contributed by atoms with E-state index in [0.29, 0.717) is 12.1 Å². The van der Waals surface area contributed by atoms with E-state index in [-0.39, 0.29) is 11.9 Å². The first-order chi connectivity index (χ1) is 11.8. The SMILES string of the molecule is CNc1ccc(C(=O)NCC(c2cccs2)N2CCOCC2)cn1. The van der Waals surface area contributed by atoms with E-state index in [1.807, 2.05) is 0 Å². The van der Waals surface area contributed by atoms with Gasteiger partial charge in [0, 0.05) is 37.8 Å². The number of pyridine rings is 1. The molecular formula is C17H22N4O2S. The van der Waals surface area contributed by atoms with Crippen LogP contribution in [0.1, 0.15) is 21.3 Å². The standard InChI is InChI=1S/C17H22N4O2S/c1-18-16-5-4-13(11-19-16)17(22)20-12-14(15-3-2-10-24-15)21-6-8-23-9-7-21/h2-5,10-11,14H,6-9,12H2,1H3,(H,18,19)(H,20,22). The maximum absolute atomic E-state index is 12.4. The summed E-state index contributed by atoms with van der Waals surface area (Å²) < 4.78 is 5.44. The Balaban J connectivity index is 1.65. The van der Waals surface area contributed by atoms with Crippen molar-refractivity contribution in [2.24, 2.45) is 0 Å². The Bertz CT molecular complexity index is 639. The van der Waals surface area contributed by atoms with Gasteiger partial charge in [-0.15, -0.1) is 11.3 Å². The summed E-state index contributed by atoms with van der Waals surface area (Å²) in [6.45, 7) is 3.83. The number of aromatic nitrogens is 1. The van der Waals surface area contributed by atoms with Crippen molar-refractivity contribution < 1.29 is 9.53 Å². The molecule has 0 aliphatic carbocycles. The molecule has 7 heteroatoms. The molecule has 2 aromatic rings. The molecule has 24 heavy (non-hydrogen) atoms. The monoisotopic (exact) mass is 346 g/mol. The number of amides is 1. The molecule has 0 spiro atoms. The normalized spacial score (nSPS) is 16.5. The lowest BCUT2D eigenvalue weighted by Gasteiger charge is -2.34. The topological polar surface area (TPSA) is 66.5 Å². The quantitative estimate of drug-likeness (QED) is 0.837. The summed E-state index contributed by atoms with van der Waals surface area (Å²) in [6, 6.07) is 7.94. The summed E-state index contributed by atoms with van der Waals surface area (Å²) >= 11 is 1.72. The molecular weight excluding hydrogens is 324 g/mol. The third-order valence-corrected chi connectivity index (χ3v) is 5.07. The zero-order valence-corrected chi connectivity index (χ0v) is 14.5. The third kappa shape index (κ3) is 4.11. The Morgan fingerprint density at radius 1 is 1.38 bits per heavy atom. The molecule has 1 fully saturated rings. The summed E-state index contributed by atoms with van der Waals surface area (Å²) in [5, 5.41) is 8.07. The van der Waals surface area contributed by atoms with E-state index in [2.05, 4.69) is 38.0 Å². The van der Waals surface area contributed by atoms with Gasteiger partial charge in [0.15, 0.2) is 0 Å². The van der Waals surface area contributed by atoms with E-state index in [4.69, 9.17) is 4.74 Å². The van der Waals surface area contributed by atoms with E-state index < -0.39 is 0 Å². The number of hydrogen-bond donors (Lipinski definition) is 2. The number of hydrogen-bond acceptors (Lipinski definition) is 6. The van der Waals surface area contributed by atoms with E-state index in [1.165, 1.54) is 4.88 Å². The van der Waals surface area contributed by atoms with Gasteiger partial charge in [0.2, 0.25) is 0 Å². The second-order valence-electron chi connectivity index (χ2n) is 5.57. The molecule has 0 bridgehead atoms. The van der Waals surface area contributed by atoms with Crippen molar-refractivity contribution in [3.05, 3.63) is 46.3 Å². The molecule has 0 aromatic carbocycles. The molecule has 6 nitrogen and oxygen atoms in total. The third-order valence-electron chi connectivity index (χ3n) is 4.10. The molecule has 1 unspecified atom stereocenters.